The Morgan fingerprint density at radius 1 is 1.05 bits per heavy atom. The third kappa shape index (κ3) is 8.73. The topological polar surface area (TPSA) is 199 Å². The standard InChI is InChI=1S/C26H27N3O2S.C15H13N5O4/c1-5-6-7-10-15-29(4)21-14-13-20(19(2)16-21)17-25-26(23(18-27)28-3)22-11-8-9-12-24(22)32(25,30)31;1-3-19-14(21)10(8-16)9(2)13(15(19)22)18-17-11-6-4-5-7-12(11)20(23)24/h8-9,11-14,16-17H,5-7,10,15H2,1-2,4H3;4-7,21H,3H2,1-2H3/b25-17-,26-23-;. The summed E-state index contributed by atoms with van der Waals surface area (Å²) in [5.41, 5.74) is 2.16. The average Bonchev–Trinajstić information content (AvgIpc) is 3.40. The van der Waals surface area contributed by atoms with Gasteiger partial charge < -0.3 is 10.0 Å². The molecule has 0 bridgehead atoms. The van der Waals surface area contributed by atoms with Crippen LogP contribution < -0.4 is 10.5 Å². The van der Waals surface area contributed by atoms with Gasteiger partial charge in [0.25, 0.3) is 16.9 Å². The van der Waals surface area contributed by atoms with Gasteiger partial charge in [-0.1, -0.05) is 62.6 Å². The van der Waals surface area contributed by atoms with Crippen LogP contribution in [-0.4, -0.2) is 36.6 Å². The molecule has 56 heavy (non-hydrogen) atoms. The maximum Gasteiger partial charge on any atom is 0.296 e. The van der Waals surface area contributed by atoms with Crippen LogP contribution in [-0.2, 0) is 16.4 Å². The minimum absolute atomic E-state index is 0.00928. The van der Waals surface area contributed by atoms with Crippen LogP contribution in [0.15, 0.2) is 97.3 Å². The van der Waals surface area contributed by atoms with Gasteiger partial charge in [0.15, 0.2) is 11.4 Å². The molecular formula is C41H40N8O6S. The molecular weight excluding hydrogens is 733 g/mol. The molecule has 1 aromatic heterocycles. The lowest BCUT2D eigenvalue weighted by molar-refractivity contribution is -0.384. The smallest absolute Gasteiger partial charge is 0.296 e. The molecule has 0 aliphatic carbocycles. The molecule has 1 aliphatic heterocycles. The maximum absolute atomic E-state index is 13.3. The van der Waals surface area contributed by atoms with Gasteiger partial charge in [0.1, 0.15) is 11.6 Å². The zero-order valence-corrected chi connectivity index (χ0v) is 32.5. The van der Waals surface area contributed by atoms with Gasteiger partial charge in [-0.05, 0) is 74.2 Å². The number of nitro benzene ring substituents is 1. The van der Waals surface area contributed by atoms with E-state index in [1.54, 1.807) is 37.3 Å². The van der Waals surface area contributed by atoms with E-state index in [4.69, 9.17) is 11.8 Å². The fourth-order valence-electron chi connectivity index (χ4n) is 6.09. The number of rotatable bonds is 11. The molecule has 0 atom stereocenters. The van der Waals surface area contributed by atoms with Gasteiger partial charge in [0.2, 0.25) is 15.7 Å². The van der Waals surface area contributed by atoms with Crippen molar-refractivity contribution in [2.75, 3.05) is 18.5 Å². The molecule has 0 fully saturated rings. The lowest BCUT2D eigenvalue weighted by Crippen LogP contribution is -2.20. The van der Waals surface area contributed by atoms with Crippen LogP contribution in [0.2, 0.25) is 0 Å². The quantitative estimate of drug-likeness (QED) is 0.0386. The molecule has 5 rings (SSSR count). The number of benzene rings is 3. The molecule has 0 saturated heterocycles. The fourth-order valence-corrected chi connectivity index (χ4v) is 7.80. The Morgan fingerprint density at radius 3 is 2.38 bits per heavy atom. The van der Waals surface area contributed by atoms with Gasteiger partial charge in [-0.15, -0.1) is 10.2 Å². The van der Waals surface area contributed by atoms with Crippen LogP contribution in [0.3, 0.4) is 0 Å². The van der Waals surface area contributed by atoms with E-state index < -0.39 is 26.2 Å². The van der Waals surface area contributed by atoms with E-state index in [9.17, 15) is 33.7 Å². The monoisotopic (exact) mass is 772 g/mol. The van der Waals surface area contributed by atoms with Gasteiger partial charge in [-0.25, -0.2) is 18.5 Å². The number of nitro groups is 1. The van der Waals surface area contributed by atoms with Gasteiger partial charge in [0, 0.05) is 43.0 Å². The number of sulfone groups is 1. The predicted octanol–water partition coefficient (Wildman–Crippen LogP) is 9.07. The van der Waals surface area contributed by atoms with Gasteiger partial charge in [0.05, 0.1) is 27.4 Å². The summed E-state index contributed by atoms with van der Waals surface area (Å²) < 4.78 is 27.5. The molecule has 3 aromatic carbocycles. The van der Waals surface area contributed by atoms with Crippen LogP contribution >= 0.6 is 0 Å². The largest absolute Gasteiger partial charge is 0.493 e. The number of fused-ring (bicyclic) bond motifs is 1. The number of nitriles is 2. The third-order valence-corrected chi connectivity index (χ3v) is 11.0. The van der Waals surface area contributed by atoms with Crippen molar-refractivity contribution in [2.45, 2.75) is 64.8 Å². The summed E-state index contributed by atoms with van der Waals surface area (Å²) in [4.78, 5) is 28.4. The number of nitrogens with zero attached hydrogens (tertiary/aromatic N) is 8. The Kier molecular flexibility index (Phi) is 13.8. The van der Waals surface area contributed by atoms with Crippen molar-refractivity contribution in [3.63, 3.8) is 0 Å². The van der Waals surface area contributed by atoms with Crippen molar-refractivity contribution in [3.8, 4) is 18.0 Å². The van der Waals surface area contributed by atoms with Crippen molar-refractivity contribution in [1.29, 1.82) is 10.5 Å². The molecule has 2 heterocycles. The number of pyridine rings is 1. The van der Waals surface area contributed by atoms with E-state index in [1.165, 1.54) is 50.5 Å². The fraction of sp³-hybridized carbons (Fsp3) is 0.268. The number of aromatic nitrogens is 1. The van der Waals surface area contributed by atoms with E-state index in [0.29, 0.717) is 5.56 Å². The molecule has 286 valence electrons. The molecule has 0 amide bonds. The van der Waals surface area contributed by atoms with E-state index in [2.05, 4.69) is 33.9 Å². The SMILES string of the molecule is CCn1c(O)c(C#N)c(C)c(N=Nc2ccccc2[N+](=O)[O-])c1=O.[C-]#[N+]/C(C#N)=C1\C(=C\c2ccc(N(C)CCCCCC)cc2C)S(=O)(=O)c2ccccc21. The highest BCUT2D eigenvalue weighted by molar-refractivity contribution is 7.96. The summed E-state index contributed by atoms with van der Waals surface area (Å²) >= 11 is 0. The van der Waals surface area contributed by atoms with Crippen LogP contribution in [0.25, 0.3) is 16.5 Å². The number of azo groups is 1. The summed E-state index contributed by atoms with van der Waals surface area (Å²) in [7, 11) is -1.76. The average molecular weight is 773 g/mol. The van der Waals surface area contributed by atoms with Gasteiger partial charge in [-0.2, -0.15) is 5.26 Å². The van der Waals surface area contributed by atoms with Crippen molar-refractivity contribution < 1.29 is 18.4 Å². The first-order valence-corrected chi connectivity index (χ1v) is 19.2. The Morgan fingerprint density at radius 2 is 1.75 bits per heavy atom. The summed E-state index contributed by atoms with van der Waals surface area (Å²) in [5.74, 6) is -0.438. The lowest BCUT2D eigenvalue weighted by atomic mass is 10.0. The van der Waals surface area contributed by atoms with E-state index >= 15 is 0 Å². The number of unbranched alkanes of at least 4 members (excludes halogenated alkanes) is 3. The highest BCUT2D eigenvalue weighted by Crippen LogP contribution is 2.46. The molecule has 0 spiro atoms. The molecule has 0 saturated carbocycles. The minimum atomic E-state index is -3.82. The number of anilines is 1. The van der Waals surface area contributed by atoms with Gasteiger partial charge in [-0.3, -0.25) is 19.5 Å². The molecule has 14 nitrogen and oxygen atoms in total. The van der Waals surface area contributed by atoms with Crippen molar-refractivity contribution in [2.24, 2.45) is 10.2 Å². The summed E-state index contributed by atoms with van der Waals surface area (Å²) in [6.45, 7) is 15.7. The number of aromatic hydroxyl groups is 1. The maximum atomic E-state index is 13.3. The van der Waals surface area contributed by atoms with E-state index in [0.717, 1.165) is 34.3 Å². The summed E-state index contributed by atoms with van der Waals surface area (Å²) in [6.07, 6.45) is 6.37. The van der Waals surface area contributed by atoms with Gasteiger partial charge >= 0.3 is 0 Å². The number of allylic oxidation sites excluding steroid dienone is 2. The molecule has 1 N–H and O–H groups in total. The second-order valence-corrected chi connectivity index (χ2v) is 14.6. The molecule has 0 radical (unpaired) electrons. The Labute approximate surface area is 325 Å². The summed E-state index contributed by atoms with van der Waals surface area (Å²) in [5, 5.41) is 47.1. The van der Waals surface area contributed by atoms with E-state index in [-0.39, 0.29) is 55.8 Å². The van der Waals surface area contributed by atoms with Crippen LogP contribution in [0, 0.1) is 53.2 Å². The van der Waals surface area contributed by atoms with Crippen molar-refractivity contribution in [3.05, 3.63) is 137 Å². The first-order chi connectivity index (χ1) is 26.8. The molecule has 15 heteroatoms. The third-order valence-electron chi connectivity index (χ3n) is 9.19. The molecule has 4 aromatic rings. The zero-order chi connectivity index (χ0) is 41.2. The second kappa shape index (κ2) is 18.4. The van der Waals surface area contributed by atoms with Crippen molar-refractivity contribution in [1.82, 2.24) is 4.57 Å². The first kappa shape index (κ1) is 41.9. The normalized spacial score (nSPS) is 14.2. The highest BCUT2D eigenvalue weighted by atomic mass is 32.2. The number of hydrogen-bond acceptors (Lipinski definition) is 11. The zero-order valence-electron chi connectivity index (χ0n) is 31.6. The minimum Gasteiger partial charge on any atom is -0.493 e. The lowest BCUT2D eigenvalue weighted by Gasteiger charge is -2.20. The van der Waals surface area contributed by atoms with E-state index in [1.807, 2.05) is 37.3 Å². The highest BCUT2D eigenvalue weighted by Gasteiger charge is 2.37. The molecule has 1 aliphatic rings. The Bertz CT molecular complexity index is 2550. The molecule has 0 unspecified atom stereocenters. The Hall–Kier alpha value is -6.89. The number of aryl methyl sites for hydroxylation is 1. The second-order valence-electron chi connectivity index (χ2n) is 12.8. The Balaban J connectivity index is 0.000000259. The van der Waals surface area contributed by atoms with Crippen LogP contribution in [0.4, 0.5) is 22.7 Å². The van der Waals surface area contributed by atoms with Crippen LogP contribution in [0.5, 0.6) is 5.88 Å². The first-order valence-electron chi connectivity index (χ1n) is 17.7. The van der Waals surface area contributed by atoms with Crippen LogP contribution in [0.1, 0.15) is 67.3 Å². The summed E-state index contributed by atoms with van der Waals surface area (Å²) in [6, 6.07) is 21.8. The number of hydrogen-bond donors (Lipinski definition) is 1. The number of para-hydroxylation sites is 1. The van der Waals surface area contributed by atoms with Crippen molar-refractivity contribution >= 4 is 44.2 Å². The predicted molar refractivity (Wildman–Crippen MR) is 214 cm³/mol.